The van der Waals surface area contributed by atoms with Crippen molar-refractivity contribution >= 4 is 34.3 Å². The average molecular weight is 291 g/mol. The third kappa shape index (κ3) is 2.46. The molecule has 96 valence electrons. The lowest BCUT2D eigenvalue weighted by Crippen LogP contribution is -1.84. The van der Waals surface area contributed by atoms with Gasteiger partial charge < -0.3 is 4.42 Å². The van der Waals surface area contributed by atoms with Gasteiger partial charge in [-0.25, -0.2) is 0 Å². The van der Waals surface area contributed by atoms with Crippen LogP contribution in [0.5, 0.6) is 0 Å². The van der Waals surface area contributed by atoms with Gasteiger partial charge in [0.2, 0.25) is 0 Å². The van der Waals surface area contributed by atoms with Crippen LogP contribution in [-0.4, -0.2) is 10.2 Å². The second-order valence-corrected chi connectivity index (χ2v) is 5.69. The van der Waals surface area contributed by atoms with Crippen molar-refractivity contribution in [1.82, 2.24) is 10.2 Å². The Morgan fingerprint density at radius 1 is 1.11 bits per heavy atom. The Morgan fingerprint density at radius 3 is 2.68 bits per heavy atom. The lowest BCUT2D eigenvalue weighted by Gasteiger charge is -1.97. The molecule has 3 rings (SSSR count). The molecule has 0 aliphatic carbocycles. The molecule has 0 saturated carbocycles. The topological polar surface area (TPSA) is 38.9 Å². The van der Waals surface area contributed by atoms with Crippen LogP contribution in [-0.2, 0) is 0 Å². The Morgan fingerprint density at radius 2 is 1.95 bits per heavy atom. The maximum absolute atomic E-state index is 5.85. The summed E-state index contributed by atoms with van der Waals surface area (Å²) in [5, 5.41) is 11.0. The number of nitrogens with zero attached hydrogens (tertiary/aromatic N) is 2. The van der Waals surface area contributed by atoms with Crippen LogP contribution in [0.1, 0.15) is 11.1 Å². The number of aryl methyl sites for hydroxylation is 2. The van der Waals surface area contributed by atoms with E-state index in [0.717, 1.165) is 26.7 Å². The molecule has 0 atom stereocenters. The Bertz CT molecular complexity index is 737. The molecule has 19 heavy (non-hydrogen) atoms. The maximum atomic E-state index is 5.85. The van der Waals surface area contributed by atoms with Gasteiger partial charge in [0.25, 0.3) is 0 Å². The first kappa shape index (κ1) is 12.5. The molecular weight excluding hydrogens is 280 g/mol. The second-order valence-electron chi connectivity index (χ2n) is 4.31. The van der Waals surface area contributed by atoms with Crippen molar-refractivity contribution in [3.05, 3.63) is 46.6 Å². The Labute approximate surface area is 120 Å². The third-order valence-electron chi connectivity index (χ3n) is 2.85. The van der Waals surface area contributed by atoms with Crippen molar-refractivity contribution in [3.8, 4) is 0 Å². The molecule has 1 aromatic carbocycles. The monoisotopic (exact) mass is 290 g/mol. The predicted molar refractivity (Wildman–Crippen MR) is 76.9 cm³/mol. The number of hydrogen-bond donors (Lipinski definition) is 0. The van der Waals surface area contributed by atoms with Crippen LogP contribution in [0.2, 0.25) is 5.15 Å². The van der Waals surface area contributed by atoms with Crippen molar-refractivity contribution in [3.63, 3.8) is 0 Å². The summed E-state index contributed by atoms with van der Waals surface area (Å²) >= 11 is 7.18. The molecule has 2 aromatic heterocycles. The van der Waals surface area contributed by atoms with E-state index < -0.39 is 0 Å². The summed E-state index contributed by atoms with van der Waals surface area (Å²) in [5.74, 6) is 0. The summed E-state index contributed by atoms with van der Waals surface area (Å²) in [6.45, 7) is 4.13. The number of halogens is 1. The third-order valence-corrected chi connectivity index (χ3v) is 4.06. The van der Waals surface area contributed by atoms with Crippen molar-refractivity contribution in [2.24, 2.45) is 0 Å². The first-order valence-electron chi connectivity index (χ1n) is 5.80. The van der Waals surface area contributed by atoms with Crippen molar-refractivity contribution in [1.29, 1.82) is 0 Å². The number of fused-ring (bicyclic) bond motifs is 1. The zero-order chi connectivity index (χ0) is 13.4. The number of benzene rings is 1. The molecule has 0 saturated heterocycles. The summed E-state index contributed by atoms with van der Waals surface area (Å²) in [6.07, 6.45) is 0. The number of rotatable bonds is 2. The van der Waals surface area contributed by atoms with E-state index in [4.69, 9.17) is 16.0 Å². The molecule has 2 heterocycles. The zero-order valence-electron chi connectivity index (χ0n) is 10.5. The summed E-state index contributed by atoms with van der Waals surface area (Å²) in [4.78, 5) is 0. The molecule has 0 fully saturated rings. The van der Waals surface area contributed by atoms with Crippen molar-refractivity contribution in [2.75, 3.05) is 0 Å². The largest absolute Gasteiger partial charge is 0.449 e. The van der Waals surface area contributed by atoms with Gasteiger partial charge >= 0.3 is 0 Å². The minimum absolute atomic E-state index is 0.390. The van der Waals surface area contributed by atoms with Crippen LogP contribution in [0, 0.1) is 13.8 Å². The molecule has 3 aromatic rings. The van der Waals surface area contributed by atoms with E-state index in [-0.39, 0.29) is 0 Å². The van der Waals surface area contributed by atoms with Crippen LogP contribution in [0.15, 0.2) is 44.9 Å². The van der Waals surface area contributed by atoms with Gasteiger partial charge in [0.05, 0.1) is 0 Å². The molecule has 0 spiro atoms. The molecule has 0 unspecified atom stereocenters. The zero-order valence-corrected chi connectivity index (χ0v) is 12.0. The standard InChI is InChI=1S/C14H11ClN2OS/c1-8-3-4-11-10(7-8)9(2)14(18-11)19-13-6-5-12(15)16-17-13/h3-7H,1-2H3. The van der Waals surface area contributed by atoms with Crippen molar-refractivity contribution < 1.29 is 4.42 Å². The Balaban J connectivity index is 2.01. The molecule has 0 aliphatic rings. The second kappa shape index (κ2) is 4.87. The summed E-state index contributed by atoms with van der Waals surface area (Å²) in [7, 11) is 0. The van der Waals surface area contributed by atoms with Crippen LogP contribution in [0.4, 0.5) is 0 Å². The lowest BCUT2D eigenvalue weighted by atomic mass is 10.1. The number of aromatic nitrogens is 2. The van der Waals surface area contributed by atoms with E-state index in [0.29, 0.717) is 5.15 Å². The lowest BCUT2D eigenvalue weighted by molar-refractivity contribution is 0.509. The van der Waals surface area contributed by atoms with Gasteiger partial charge in [0, 0.05) is 10.9 Å². The smallest absolute Gasteiger partial charge is 0.170 e. The first-order chi connectivity index (χ1) is 9.13. The molecule has 3 nitrogen and oxygen atoms in total. The van der Waals surface area contributed by atoms with Crippen LogP contribution < -0.4 is 0 Å². The predicted octanol–water partition coefficient (Wildman–Crippen LogP) is 4.64. The highest BCUT2D eigenvalue weighted by molar-refractivity contribution is 7.99. The molecule has 0 radical (unpaired) electrons. The first-order valence-corrected chi connectivity index (χ1v) is 7.00. The maximum Gasteiger partial charge on any atom is 0.170 e. The summed E-state index contributed by atoms with van der Waals surface area (Å²) in [5.41, 5.74) is 3.24. The van der Waals surface area contributed by atoms with E-state index in [2.05, 4.69) is 30.1 Å². The quantitative estimate of drug-likeness (QED) is 0.689. The van der Waals surface area contributed by atoms with Gasteiger partial charge in [-0.05, 0) is 49.9 Å². The van der Waals surface area contributed by atoms with Gasteiger partial charge in [-0.15, -0.1) is 10.2 Å². The van der Waals surface area contributed by atoms with E-state index >= 15 is 0 Å². The number of hydrogen-bond acceptors (Lipinski definition) is 4. The van der Waals surface area contributed by atoms with Gasteiger partial charge in [-0.1, -0.05) is 23.2 Å². The van der Waals surface area contributed by atoms with Gasteiger partial charge in [-0.2, -0.15) is 0 Å². The molecular formula is C14H11ClN2OS. The van der Waals surface area contributed by atoms with Crippen LogP contribution in [0.3, 0.4) is 0 Å². The van der Waals surface area contributed by atoms with Gasteiger partial charge in [0.15, 0.2) is 10.2 Å². The van der Waals surface area contributed by atoms with Gasteiger partial charge in [0.1, 0.15) is 10.6 Å². The minimum atomic E-state index is 0.390. The van der Waals surface area contributed by atoms with Crippen LogP contribution >= 0.6 is 23.4 Å². The van der Waals surface area contributed by atoms with E-state index in [1.165, 1.54) is 17.3 Å². The molecule has 0 aliphatic heterocycles. The molecule has 5 heteroatoms. The fraction of sp³-hybridized carbons (Fsp3) is 0.143. The highest BCUT2D eigenvalue weighted by Gasteiger charge is 2.12. The number of furan rings is 1. The fourth-order valence-electron chi connectivity index (χ4n) is 1.86. The summed E-state index contributed by atoms with van der Waals surface area (Å²) < 4.78 is 5.85. The normalized spacial score (nSPS) is 11.1. The molecule has 0 amide bonds. The Hall–Kier alpha value is -1.52. The average Bonchev–Trinajstić information content (AvgIpc) is 2.70. The van der Waals surface area contributed by atoms with E-state index in [9.17, 15) is 0 Å². The van der Waals surface area contributed by atoms with Gasteiger partial charge in [-0.3, -0.25) is 0 Å². The van der Waals surface area contributed by atoms with Crippen LogP contribution in [0.25, 0.3) is 11.0 Å². The van der Waals surface area contributed by atoms with Crippen molar-refractivity contribution in [2.45, 2.75) is 24.0 Å². The highest BCUT2D eigenvalue weighted by atomic mass is 35.5. The fourth-order valence-corrected chi connectivity index (χ4v) is 2.77. The SMILES string of the molecule is Cc1ccc2oc(Sc3ccc(Cl)nn3)c(C)c2c1. The highest BCUT2D eigenvalue weighted by Crippen LogP contribution is 2.36. The molecule has 0 bridgehead atoms. The van der Waals surface area contributed by atoms with E-state index in [1.54, 1.807) is 6.07 Å². The molecule has 0 N–H and O–H groups in total. The summed E-state index contributed by atoms with van der Waals surface area (Å²) in [6, 6.07) is 9.72. The van der Waals surface area contributed by atoms with E-state index in [1.807, 2.05) is 18.2 Å². The Kier molecular flexibility index (Phi) is 3.21. The minimum Gasteiger partial charge on any atom is -0.449 e.